The molecule has 0 aliphatic carbocycles. The number of rotatable bonds is 7. The Morgan fingerprint density at radius 3 is 3.00 bits per heavy atom. The van der Waals surface area contributed by atoms with Gasteiger partial charge < -0.3 is 19.4 Å². The van der Waals surface area contributed by atoms with Gasteiger partial charge in [0.15, 0.2) is 11.5 Å². The van der Waals surface area contributed by atoms with Gasteiger partial charge in [0.1, 0.15) is 0 Å². The summed E-state index contributed by atoms with van der Waals surface area (Å²) >= 11 is 0. The number of amides is 1. The summed E-state index contributed by atoms with van der Waals surface area (Å²) in [6, 6.07) is 5.24. The first-order chi connectivity index (χ1) is 10.8. The van der Waals surface area contributed by atoms with E-state index < -0.39 is 0 Å². The van der Waals surface area contributed by atoms with Crippen LogP contribution in [0.5, 0.6) is 11.5 Å². The molecule has 1 aliphatic heterocycles. The van der Waals surface area contributed by atoms with Crippen molar-refractivity contribution in [2.45, 2.75) is 25.8 Å². The smallest absolute Gasteiger partial charge is 0.251 e. The molecule has 22 heavy (non-hydrogen) atoms. The van der Waals surface area contributed by atoms with Crippen LogP contribution in [0.4, 0.5) is 0 Å². The average Bonchev–Trinajstić information content (AvgIpc) is 3.20. The number of nitrogens with one attached hydrogen (secondary N) is 1. The number of nitrogens with zero attached hydrogens (tertiary/aromatic N) is 2. The van der Waals surface area contributed by atoms with Crippen LogP contribution < -0.4 is 14.8 Å². The maximum Gasteiger partial charge on any atom is 0.251 e. The van der Waals surface area contributed by atoms with E-state index in [2.05, 4.69) is 14.9 Å². The number of hydrogen-bond acceptors (Lipinski definition) is 4. The first-order valence-corrected chi connectivity index (χ1v) is 7.46. The number of hydrogen-bond donors (Lipinski definition) is 1. The Morgan fingerprint density at radius 2 is 2.14 bits per heavy atom. The number of ether oxygens (including phenoxy) is 2. The number of aryl methyl sites for hydroxylation is 1. The Bertz CT molecular complexity index is 626. The molecule has 1 amide bonds. The fourth-order valence-electron chi connectivity index (χ4n) is 2.36. The van der Waals surface area contributed by atoms with Crippen LogP contribution in [0.25, 0.3) is 0 Å². The molecule has 0 spiro atoms. The molecule has 3 rings (SSSR count). The van der Waals surface area contributed by atoms with Crippen molar-refractivity contribution in [2.75, 3.05) is 13.3 Å². The molecule has 0 radical (unpaired) electrons. The van der Waals surface area contributed by atoms with Crippen molar-refractivity contribution in [3.05, 3.63) is 42.5 Å². The highest BCUT2D eigenvalue weighted by molar-refractivity contribution is 5.94. The van der Waals surface area contributed by atoms with Crippen LogP contribution in [-0.2, 0) is 6.54 Å². The van der Waals surface area contributed by atoms with Crippen LogP contribution in [0, 0.1) is 0 Å². The van der Waals surface area contributed by atoms with Crippen molar-refractivity contribution < 1.29 is 14.3 Å². The van der Waals surface area contributed by atoms with Gasteiger partial charge in [-0.3, -0.25) is 4.79 Å². The lowest BCUT2D eigenvalue weighted by Gasteiger charge is -2.06. The van der Waals surface area contributed by atoms with Crippen molar-refractivity contribution in [3.63, 3.8) is 0 Å². The summed E-state index contributed by atoms with van der Waals surface area (Å²) in [4.78, 5) is 16.0. The fraction of sp³-hybridized carbons (Fsp3) is 0.375. The molecule has 6 nitrogen and oxygen atoms in total. The molecule has 1 aromatic carbocycles. The van der Waals surface area contributed by atoms with Gasteiger partial charge in [-0.15, -0.1) is 0 Å². The molecule has 1 aromatic heterocycles. The highest BCUT2D eigenvalue weighted by Crippen LogP contribution is 2.32. The molecule has 2 aromatic rings. The molecule has 0 unspecified atom stereocenters. The Labute approximate surface area is 129 Å². The molecular weight excluding hydrogens is 282 g/mol. The Kier molecular flexibility index (Phi) is 4.58. The van der Waals surface area contributed by atoms with Gasteiger partial charge >= 0.3 is 0 Å². The maximum absolute atomic E-state index is 12.0. The number of benzene rings is 1. The summed E-state index contributed by atoms with van der Waals surface area (Å²) in [5, 5.41) is 2.93. The summed E-state index contributed by atoms with van der Waals surface area (Å²) in [6.45, 7) is 1.87. The number of fused-ring (bicyclic) bond motifs is 1. The monoisotopic (exact) mass is 301 g/mol. The minimum Gasteiger partial charge on any atom is -0.454 e. The van der Waals surface area contributed by atoms with Gasteiger partial charge in [-0.25, -0.2) is 4.98 Å². The van der Waals surface area contributed by atoms with Gasteiger partial charge in [0.05, 0.1) is 6.33 Å². The third-order valence-electron chi connectivity index (χ3n) is 3.57. The molecule has 1 N–H and O–H groups in total. The Hall–Kier alpha value is -2.50. The Morgan fingerprint density at radius 1 is 1.23 bits per heavy atom. The topological polar surface area (TPSA) is 65.4 Å². The van der Waals surface area contributed by atoms with Crippen molar-refractivity contribution >= 4 is 5.91 Å². The van der Waals surface area contributed by atoms with E-state index in [0.717, 1.165) is 25.8 Å². The summed E-state index contributed by atoms with van der Waals surface area (Å²) in [5.41, 5.74) is 0.600. The molecule has 0 bridgehead atoms. The predicted octanol–water partition coefficient (Wildman–Crippen LogP) is 2.21. The molecular formula is C16H19N3O3. The van der Waals surface area contributed by atoms with Crippen LogP contribution in [0.1, 0.15) is 29.6 Å². The average molecular weight is 301 g/mol. The van der Waals surface area contributed by atoms with E-state index >= 15 is 0 Å². The second-order valence-corrected chi connectivity index (χ2v) is 5.19. The van der Waals surface area contributed by atoms with Gasteiger partial charge in [0.2, 0.25) is 6.79 Å². The lowest BCUT2D eigenvalue weighted by molar-refractivity contribution is 0.0952. The fourth-order valence-corrected chi connectivity index (χ4v) is 2.36. The van der Waals surface area contributed by atoms with Gasteiger partial charge in [-0.05, 0) is 37.5 Å². The molecule has 0 fully saturated rings. The summed E-state index contributed by atoms with van der Waals surface area (Å²) in [6.07, 6.45) is 8.68. The zero-order valence-electron chi connectivity index (χ0n) is 12.3. The van der Waals surface area contributed by atoms with E-state index in [-0.39, 0.29) is 12.7 Å². The maximum atomic E-state index is 12.0. The van der Waals surface area contributed by atoms with E-state index in [4.69, 9.17) is 9.47 Å². The van der Waals surface area contributed by atoms with Crippen molar-refractivity contribution in [1.29, 1.82) is 0 Å². The number of aromatic nitrogens is 2. The van der Waals surface area contributed by atoms with E-state index in [9.17, 15) is 4.79 Å². The van der Waals surface area contributed by atoms with Crippen LogP contribution in [0.15, 0.2) is 36.9 Å². The van der Waals surface area contributed by atoms with Crippen LogP contribution in [0.2, 0.25) is 0 Å². The summed E-state index contributed by atoms with van der Waals surface area (Å²) in [5.74, 6) is 1.25. The van der Waals surface area contributed by atoms with E-state index in [1.54, 1.807) is 24.4 Å². The molecule has 0 saturated heterocycles. The standard InChI is InChI=1S/C16H19N3O3/c20-16(13-4-5-14-15(10-13)22-12-21-14)18-6-2-1-3-8-19-9-7-17-11-19/h4-5,7,9-11H,1-3,6,8,12H2,(H,18,20). The summed E-state index contributed by atoms with van der Waals surface area (Å²) in [7, 11) is 0. The molecule has 0 atom stereocenters. The van der Waals surface area contributed by atoms with E-state index in [1.807, 2.05) is 12.5 Å². The lowest BCUT2D eigenvalue weighted by Crippen LogP contribution is -2.24. The first kappa shape index (κ1) is 14.4. The minimum absolute atomic E-state index is 0.0760. The third kappa shape index (κ3) is 3.58. The minimum atomic E-state index is -0.0760. The molecule has 0 saturated carbocycles. The van der Waals surface area contributed by atoms with E-state index in [1.165, 1.54) is 0 Å². The second-order valence-electron chi connectivity index (χ2n) is 5.19. The molecule has 1 aliphatic rings. The van der Waals surface area contributed by atoms with Crippen LogP contribution >= 0.6 is 0 Å². The van der Waals surface area contributed by atoms with Gasteiger partial charge in [-0.1, -0.05) is 0 Å². The SMILES string of the molecule is O=C(NCCCCCn1ccnc1)c1ccc2c(c1)OCO2. The highest BCUT2D eigenvalue weighted by atomic mass is 16.7. The normalized spacial score (nSPS) is 12.4. The van der Waals surface area contributed by atoms with Gasteiger partial charge in [0, 0.05) is 31.0 Å². The van der Waals surface area contributed by atoms with Crippen molar-refractivity contribution in [1.82, 2.24) is 14.9 Å². The highest BCUT2D eigenvalue weighted by Gasteiger charge is 2.15. The number of unbranched alkanes of at least 4 members (excludes halogenated alkanes) is 2. The largest absolute Gasteiger partial charge is 0.454 e. The number of carbonyl (C=O) groups excluding carboxylic acids is 1. The predicted molar refractivity (Wildman–Crippen MR) is 81.0 cm³/mol. The van der Waals surface area contributed by atoms with Crippen LogP contribution in [0.3, 0.4) is 0 Å². The lowest BCUT2D eigenvalue weighted by atomic mass is 10.2. The number of imidazole rings is 1. The third-order valence-corrected chi connectivity index (χ3v) is 3.57. The van der Waals surface area contributed by atoms with Gasteiger partial charge in [-0.2, -0.15) is 0 Å². The quantitative estimate of drug-likeness (QED) is 0.796. The summed E-state index contributed by atoms with van der Waals surface area (Å²) < 4.78 is 12.6. The molecule has 116 valence electrons. The first-order valence-electron chi connectivity index (χ1n) is 7.46. The van der Waals surface area contributed by atoms with Crippen molar-refractivity contribution in [3.8, 4) is 11.5 Å². The zero-order valence-corrected chi connectivity index (χ0v) is 12.3. The van der Waals surface area contributed by atoms with Crippen LogP contribution in [-0.4, -0.2) is 28.8 Å². The van der Waals surface area contributed by atoms with Gasteiger partial charge in [0.25, 0.3) is 5.91 Å². The number of carbonyl (C=O) groups is 1. The van der Waals surface area contributed by atoms with E-state index in [0.29, 0.717) is 23.6 Å². The molecule has 2 heterocycles. The van der Waals surface area contributed by atoms with Crippen molar-refractivity contribution in [2.24, 2.45) is 0 Å². The second kappa shape index (κ2) is 6.98. The Balaban J connectivity index is 1.35. The zero-order chi connectivity index (χ0) is 15.2. The molecule has 6 heteroatoms.